The lowest BCUT2D eigenvalue weighted by Crippen LogP contribution is -2.50. The summed E-state index contributed by atoms with van der Waals surface area (Å²) in [5.74, 6) is 2.76. The van der Waals surface area contributed by atoms with Gasteiger partial charge in [0, 0.05) is 13.1 Å². The molecule has 4 bridgehead atoms. The molecule has 5 aliphatic rings. The molecule has 1 aliphatic heterocycles. The molecule has 4 fully saturated rings. The average molecular weight is 367 g/mol. The molecule has 4 aliphatic carbocycles. The second-order valence-electron chi connectivity index (χ2n) is 9.61. The monoisotopic (exact) mass is 366 g/mol. The highest BCUT2D eigenvalue weighted by molar-refractivity contribution is 6.21. The molecule has 1 aromatic carbocycles. The first-order chi connectivity index (χ1) is 13.1. The molecule has 4 nitrogen and oxygen atoms in total. The van der Waals surface area contributed by atoms with E-state index in [4.69, 9.17) is 0 Å². The fourth-order valence-corrected chi connectivity index (χ4v) is 6.82. The lowest BCUT2D eigenvalue weighted by atomic mass is 9.49. The number of fused-ring (bicyclic) bond motifs is 1. The first-order valence-corrected chi connectivity index (χ1v) is 10.8. The van der Waals surface area contributed by atoms with E-state index in [0.717, 1.165) is 37.1 Å². The molecule has 6 rings (SSSR count). The Kier molecular flexibility index (Phi) is 4.34. The third-order valence-electron chi connectivity index (χ3n) is 7.53. The molecule has 2 amide bonds. The number of nitrogens with zero attached hydrogens (tertiary/aromatic N) is 1. The molecular formula is C23H30N2O2. The Morgan fingerprint density at radius 1 is 0.889 bits per heavy atom. The number of unbranched alkanes of at least 4 members (excludes halogenated alkanes) is 1. The number of amides is 2. The maximum Gasteiger partial charge on any atom is 0.261 e. The number of nitrogens with one attached hydrogen (secondary N) is 1. The molecule has 27 heavy (non-hydrogen) atoms. The van der Waals surface area contributed by atoms with E-state index in [1.165, 1.54) is 50.0 Å². The Morgan fingerprint density at radius 3 is 2.00 bits per heavy atom. The van der Waals surface area contributed by atoms with Crippen LogP contribution in [0.3, 0.4) is 0 Å². The van der Waals surface area contributed by atoms with Gasteiger partial charge in [-0.1, -0.05) is 12.1 Å². The number of hydrogen-bond acceptors (Lipinski definition) is 3. The van der Waals surface area contributed by atoms with Gasteiger partial charge in [0.1, 0.15) is 0 Å². The van der Waals surface area contributed by atoms with Crippen molar-refractivity contribution in [2.24, 2.45) is 23.2 Å². The van der Waals surface area contributed by atoms with Gasteiger partial charge < -0.3 is 5.32 Å². The third kappa shape index (κ3) is 3.12. The van der Waals surface area contributed by atoms with Gasteiger partial charge in [-0.3, -0.25) is 14.5 Å². The van der Waals surface area contributed by atoms with Crippen molar-refractivity contribution in [3.63, 3.8) is 0 Å². The van der Waals surface area contributed by atoms with Crippen molar-refractivity contribution in [2.45, 2.75) is 51.4 Å². The van der Waals surface area contributed by atoms with Crippen LogP contribution in [0.4, 0.5) is 0 Å². The van der Waals surface area contributed by atoms with E-state index < -0.39 is 0 Å². The molecule has 0 radical (unpaired) electrons. The van der Waals surface area contributed by atoms with Crippen LogP contribution in [-0.2, 0) is 0 Å². The smallest absolute Gasteiger partial charge is 0.261 e. The van der Waals surface area contributed by atoms with E-state index in [2.05, 4.69) is 5.32 Å². The zero-order valence-electron chi connectivity index (χ0n) is 16.1. The Bertz CT molecular complexity index is 686. The van der Waals surface area contributed by atoms with Gasteiger partial charge in [0.2, 0.25) is 0 Å². The predicted octanol–water partition coefficient (Wildman–Crippen LogP) is 3.87. The highest BCUT2D eigenvalue weighted by Gasteiger charge is 2.50. The van der Waals surface area contributed by atoms with Crippen molar-refractivity contribution in [2.75, 3.05) is 19.6 Å². The van der Waals surface area contributed by atoms with Crippen LogP contribution in [-0.4, -0.2) is 36.3 Å². The van der Waals surface area contributed by atoms with Gasteiger partial charge in [-0.15, -0.1) is 0 Å². The van der Waals surface area contributed by atoms with Gasteiger partial charge >= 0.3 is 0 Å². The molecule has 0 saturated heterocycles. The first kappa shape index (κ1) is 17.4. The molecule has 0 aromatic heterocycles. The van der Waals surface area contributed by atoms with Crippen LogP contribution < -0.4 is 5.32 Å². The quantitative estimate of drug-likeness (QED) is 0.589. The Hall–Kier alpha value is -1.68. The van der Waals surface area contributed by atoms with Gasteiger partial charge in [-0.05, 0) is 93.2 Å². The second kappa shape index (κ2) is 6.73. The normalized spacial score (nSPS) is 33.8. The van der Waals surface area contributed by atoms with E-state index in [-0.39, 0.29) is 11.8 Å². The van der Waals surface area contributed by atoms with Crippen molar-refractivity contribution in [3.8, 4) is 0 Å². The number of hydrogen-bond donors (Lipinski definition) is 1. The minimum Gasteiger partial charge on any atom is -0.316 e. The highest BCUT2D eigenvalue weighted by Crippen LogP contribution is 2.59. The van der Waals surface area contributed by atoms with Gasteiger partial charge in [-0.2, -0.15) is 0 Å². The second-order valence-corrected chi connectivity index (χ2v) is 9.61. The first-order valence-electron chi connectivity index (χ1n) is 10.8. The predicted molar refractivity (Wildman–Crippen MR) is 105 cm³/mol. The number of rotatable bonds is 7. The molecule has 4 heteroatoms. The molecular weight excluding hydrogens is 336 g/mol. The van der Waals surface area contributed by atoms with Crippen LogP contribution in [0.5, 0.6) is 0 Å². The average Bonchev–Trinajstić information content (AvgIpc) is 2.88. The van der Waals surface area contributed by atoms with Crippen LogP contribution >= 0.6 is 0 Å². The summed E-state index contributed by atoms with van der Waals surface area (Å²) in [4.78, 5) is 26.2. The van der Waals surface area contributed by atoms with Crippen molar-refractivity contribution >= 4 is 11.8 Å². The largest absolute Gasteiger partial charge is 0.316 e. The van der Waals surface area contributed by atoms with Crippen molar-refractivity contribution in [1.82, 2.24) is 10.2 Å². The maximum absolute atomic E-state index is 12.4. The molecule has 1 heterocycles. The van der Waals surface area contributed by atoms with Gasteiger partial charge in [0.25, 0.3) is 11.8 Å². The number of carbonyl (C=O) groups excluding carboxylic acids is 2. The molecule has 144 valence electrons. The Balaban J connectivity index is 1.06. The molecule has 1 aromatic rings. The fraction of sp³-hybridized carbons (Fsp3) is 0.652. The summed E-state index contributed by atoms with van der Waals surface area (Å²) >= 11 is 0. The lowest BCUT2D eigenvalue weighted by Gasteiger charge is -2.57. The SMILES string of the molecule is O=C1c2ccccc2C(=O)N1CCCCNCC12CC3CC(CC(C3)C1)C2. The summed E-state index contributed by atoms with van der Waals surface area (Å²) in [5, 5.41) is 3.72. The van der Waals surface area contributed by atoms with Crippen molar-refractivity contribution in [1.29, 1.82) is 0 Å². The fourth-order valence-electron chi connectivity index (χ4n) is 6.82. The topological polar surface area (TPSA) is 49.4 Å². The van der Waals surface area contributed by atoms with Gasteiger partial charge in [0.15, 0.2) is 0 Å². The zero-order valence-corrected chi connectivity index (χ0v) is 16.1. The molecule has 1 N–H and O–H groups in total. The van der Waals surface area contributed by atoms with Crippen LogP contribution in [0, 0.1) is 23.2 Å². The van der Waals surface area contributed by atoms with Gasteiger partial charge in [0.05, 0.1) is 11.1 Å². The number of benzene rings is 1. The standard InChI is InChI=1S/C23H30N2O2/c26-21-19-5-1-2-6-20(19)22(27)25(21)8-4-3-7-24-15-23-12-16-9-17(13-23)11-18(10-16)14-23/h1-2,5-6,16-18,24H,3-4,7-15H2. The summed E-state index contributed by atoms with van der Waals surface area (Å²) in [6, 6.07) is 7.15. The molecule has 4 saturated carbocycles. The summed E-state index contributed by atoms with van der Waals surface area (Å²) in [6.07, 6.45) is 10.7. The minimum absolute atomic E-state index is 0.128. The third-order valence-corrected chi connectivity index (χ3v) is 7.53. The van der Waals surface area contributed by atoms with Crippen molar-refractivity contribution in [3.05, 3.63) is 35.4 Å². The number of carbonyl (C=O) groups is 2. The lowest BCUT2D eigenvalue weighted by molar-refractivity contribution is -0.0512. The summed E-state index contributed by atoms with van der Waals surface area (Å²) < 4.78 is 0. The number of imide groups is 1. The van der Waals surface area contributed by atoms with Crippen LogP contribution in [0.15, 0.2) is 24.3 Å². The summed E-state index contributed by atoms with van der Waals surface area (Å²) in [6.45, 7) is 2.69. The summed E-state index contributed by atoms with van der Waals surface area (Å²) in [5.41, 5.74) is 1.70. The van der Waals surface area contributed by atoms with Crippen molar-refractivity contribution < 1.29 is 9.59 Å². The zero-order chi connectivity index (χ0) is 18.4. The summed E-state index contributed by atoms with van der Waals surface area (Å²) in [7, 11) is 0. The molecule has 0 spiro atoms. The van der Waals surface area contributed by atoms with E-state index in [0.29, 0.717) is 23.1 Å². The van der Waals surface area contributed by atoms with E-state index in [1.54, 1.807) is 12.1 Å². The van der Waals surface area contributed by atoms with Crippen LogP contribution in [0.2, 0.25) is 0 Å². The highest BCUT2D eigenvalue weighted by atomic mass is 16.2. The Morgan fingerprint density at radius 2 is 1.44 bits per heavy atom. The van der Waals surface area contributed by atoms with Crippen LogP contribution in [0.25, 0.3) is 0 Å². The van der Waals surface area contributed by atoms with Crippen LogP contribution in [0.1, 0.15) is 72.1 Å². The van der Waals surface area contributed by atoms with E-state index >= 15 is 0 Å². The minimum atomic E-state index is -0.128. The van der Waals surface area contributed by atoms with E-state index in [1.807, 2.05) is 12.1 Å². The molecule has 0 atom stereocenters. The maximum atomic E-state index is 12.4. The Labute approximate surface area is 161 Å². The van der Waals surface area contributed by atoms with Gasteiger partial charge in [-0.25, -0.2) is 0 Å². The van der Waals surface area contributed by atoms with E-state index in [9.17, 15) is 9.59 Å². The molecule has 0 unspecified atom stereocenters.